The number of nitrogen functional groups attached to an aromatic ring is 1. The molecule has 4 N–H and O–H groups in total. The summed E-state index contributed by atoms with van der Waals surface area (Å²) in [5.41, 5.74) is 8.21. The van der Waals surface area contributed by atoms with Crippen molar-refractivity contribution in [1.29, 1.82) is 5.41 Å². The molecule has 7 heteroatoms. The van der Waals surface area contributed by atoms with Gasteiger partial charge in [0.25, 0.3) is 0 Å². The van der Waals surface area contributed by atoms with Crippen LogP contribution in [0.25, 0.3) is 0 Å². The van der Waals surface area contributed by atoms with Crippen LogP contribution in [0.5, 0.6) is 0 Å². The zero-order valence-corrected chi connectivity index (χ0v) is 19.3. The number of likely N-dealkylation sites (tertiary alicyclic amines) is 1. The average Bonchev–Trinajstić information content (AvgIpc) is 3.27. The normalized spacial score (nSPS) is 23.9. The molecule has 0 bridgehead atoms. The van der Waals surface area contributed by atoms with Gasteiger partial charge >= 0.3 is 0 Å². The molecule has 0 spiro atoms. The van der Waals surface area contributed by atoms with Crippen LogP contribution >= 0.6 is 0 Å². The van der Waals surface area contributed by atoms with Crippen molar-refractivity contribution in [1.82, 2.24) is 14.9 Å². The molecule has 7 nitrogen and oxygen atoms in total. The zero-order chi connectivity index (χ0) is 22.7. The molecule has 2 aromatic rings. The number of carbonyl (C=O) groups excluding carboxylic acids is 1. The first-order valence-corrected chi connectivity index (χ1v) is 12.0. The number of anilines is 1. The summed E-state index contributed by atoms with van der Waals surface area (Å²) in [5, 5.41) is 7.61. The highest BCUT2D eigenvalue weighted by Gasteiger charge is 2.35. The lowest BCUT2D eigenvalue weighted by atomic mass is 9.90. The van der Waals surface area contributed by atoms with Crippen LogP contribution in [0, 0.1) is 5.41 Å². The molecule has 4 rings (SSSR count). The molecule has 1 fully saturated rings. The number of H-pyrrole nitrogens is 1. The highest BCUT2D eigenvalue weighted by atomic mass is 16.2. The summed E-state index contributed by atoms with van der Waals surface area (Å²) in [6, 6.07) is 9.53. The van der Waals surface area contributed by atoms with E-state index >= 15 is 0 Å². The number of fused-ring (bicyclic) bond motifs is 1. The Kier molecular flexibility index (Phi) is 6.94. The third-order valence-corrected chi connectivity index (χ3v) is 7.16. The van der Waals surface area contributed by atoms with Gasteiger partial charge in [0.1, 0.15) is 23.3 Å². The maximum absolute atomic E-state index is 13.4. The fourth-order valence-electron chi connectivity index (χ4n) is 5.31. The van der Waals surface area contributed by atoms with Gasteiger partial charge in [-0.05, 0) is 64.1 Å². The number of rotatable bonds is 8. The maximum atomic E-state index is 13.4. The summed E-state index contributed by atoms with van der Waals surface area (Å²) in [7, 11) is 0. The molecule has 0 saturated carbocycles. The number of nitrogens with zero attached hydrogens (tertiary/aromatic N) is 3. The van der Waals surface area contributed by atoms with Gasteiger partial charge in [0.2, 0.25) is 5.91 Å². The lowest BCUT2D eigenvalue weighted by Crippen LogP contribution is -2.44. The first-order chi connectivity index (χ1) is 15.5. The van der Waals surface area contributed by atoms with Gasteiger partial charge in [0.05, 0.1) is 6.20 Å². The summed E-state index contributed by atoms with van der Waals surface area (Å²) < 4.78 is 0. The number of aromatic nitrogens is 2. The quantitative estimate of drug-likeness (QED) is 0.333. The predicted molar refractivity (Wildman–Crippen MR) is 128 cm³/mol. The number of unbranched alkanes of at least 4 members (excludes halogenated alkanes) is 2. The number of piperidine rings is 1. The molecule has 1 unspecified atom stereocenters. The number of carbonyl (C=O) groups is 1. The largest absolute Gasteiger partial charge is 0.382 e. The van der Waals surface area contributed by atoms with Crippen LogP contribution in [0.1, 0.15) is 75.4 Å². The van der Waals surface area contributed by atoms with E-state index in [0.717, 1.165) is 37.2 Å². The number of hydrogen-bond donors (Lipinski definition) is 3. The number of nitrogens with one attached hydrogen (secondary N) is 2. The van der Waals surface area contributed by atoms with E-state index in [1.165, 1.54) is 25.7 Å². The second kappa shape index (κ2) is 9.86. The van der Waals surface area contributed by atoms with Gasteiger partial charge in [-0.2, -0.15) is 0 Å². The minimum atomic E-state index is -0.368. The Morgan fingerprint density at radius 2 is 1.88 bits per heavy atom. The van der Waals surface area contributed by atoms with E-state index in [4.69, 9.17) is 11.1 Å². The standard InChI is InChI=1S/C25H36N6O/c1-17-9-8-10-18(2)30(17)13-6-3-7-14-31-22-12-5-4-11-19(22)15-20(25(31)32)24-28-16-21(29-24)23(26)27/h4-5,11-12,16-18,20H,3,6-10,13-15H2,1-2H3,(H3,26,27)(H,28,29)/t17-,18+,20?. The number of imidazole rings is 1. The molecule has 1 saturated heterocycles. The summed E-state index contributed by atoms with van der Waals surface area (Å²) >= 11 is 0. The Labute approximate surface area is 190 Å². The topological polar surface area (TPSA) is 102 Å². The second-order valence-corrected chi connectivity index (χ2v) is 9.40. The van der Waals surface area contributed by atoms with Crippen molar-refractivity contribution in [2.45, 2.75) is 76.8 Å². The fraction of sp³-hybridized carbons (Fsp3) is 0.560. The molecule has 172 valence electrons. The number of benzene rings is 1. The first kappa shape index (κ1) is 22.5. The van der Waals surface area contributed by atoms with E-state index in [1.807, 2.05) is 23.1 Å². The Hall–Kier alpha value is -2.67. The van der Waals surface area contributed by atoms with E-state index in [-0.39, 0.29) is 17.7 Å². The Morgan fingerprint density at radius 3 is 2.59 bits per heavy atom. The molecule has 3 heterocycles. The molecule has 1 aromatic carbocycles. The SMILES string of the molecule is C[C@@H]1CCC[C@H](C)N1CCCCCN1C(=O)C(c2ncc(C(=N)N)[nH]2)Cc2ccccc21. The minimum absolute atomic E-state index is 0.0680. The van der Waals surface area contributed by atoms with Crippen LogP contribution in [-0.2, 0) is 11.2 Å². The van der Waals surface area contributed by atoms with Crippen LogP contribution in [0.2, 0.25) is 0 Å². The molecule has 3 atom stereocenters. The van der Waals surface area contributed by atoms with Crippen molar-refractivity contribution in [3.8, 4) is 0 Å². The highest BCUT2D eigenvalue weighted by Crippen LogP contribution is 2.35. The fourth-order valence-corrected chi connectivity index (χ4v) is 5.31. The van der Waals surface area contributed by atoms with Gasteiger partial charge in [-0.3, -0.25) is 15.1 Å². The summed E-state index contributed by atoms with van der Waals surface area (Å²) in [6.07, 6.45) is 9.38. The Bertz CT molecular complexity index is 943. The molecule has 0 radical (unpaired) electrons. The second-order valence-electron chi connectivity index (χ2n) is 9.40. The summed E-state index contributed by atoms with van der Waals surface area (Å²) in [4.78, 5) is 25.5. The molecule has 1 amide bonds. The Morgan fingerprint density at radius 1 is 1.16 bits per heavy atom. The van der Waals surface area contributed by atoms with Gasteiger partial charge in [0.15, 0.2) is 0 Å². The third-order valence-electron chi connectivity index (χ3n) is 7.16. The van der Waals surface area contributed by atoms with E-state index in [1.54, 1.807) is 6.20 Å². The first-order valence-electron chi connectivity index (χ1n) is 12.0. The van der Waals surface area contributed by atoms with Gasteiger partial charge in [0, 0.05) is 24.3 Å². The number of amidine groups is 1. The molecule has 2 aliphatic heterocycles. The van der Waals surface area contributed by atoms with Crippen molar-refractivity contribution in [3.63, 3.8) is 0 Å². The number of nitrogens with two attached hydrogens (primary N) is 1. The number of hydrogen-bond acceptors (Lipinski definition) is 4. The highest BCUT2D eigenvalue weighted by molar-refractivity contribution is 6.01. The lowest BCUT2D eigenvalue weighted by Gasteiger charge is -2.39. The molecular weight excluding hydrogens is 400 g/mol. The van der Waals surface area contributed by atoms with Crippen LogP contribution in [0.4, 0.5) is 5.69 Å². The van der Waals surface area contributed by atoms with Crippen LogP contribution in [-0.4, -0.2) is 51.8 Å². The van der Waals surface area contributed by atoms with Crippen LogP contribution < -0.4 is 10.6 Å². The van der Waals surface area contributed by atoms with Crippen molar-refractivity contribution >= 4 is 17.4 Å². The van der Waals surface area contributed by atoms with E-state index in [9.17, 15) is 4.79 Å². The number of aromatic amines is 1. The van der Waals surface area contributed by atoms with Gasteiger partial charge in [-0.25, -0.2) is 4.98 Å². The van der Waals surface area contributed by atoms with Gasteiger partial charge < -0.3 is 15.6 Å². The predicted octanol–water partition coefficient (Wildman–Crippen LogP) is 3.80. The lowest BCUT2D eigenvalue weighted by molar-refractivity contribution is -0.120. The minimum Gasteiger partial charge on any atom is -0.382 e. The molecule has 1 aromatic heterocycles. The Balaban J connectivity index is 1.39. The molecule has 32 heavy (non-hydrogen) atoms. The van der Waals surface area contributed by atoms with E-state index < -0.39 is 0 Å². The monoisotopic (exact) mass is 436 g/mol. The summed E-state index contributed by atoms with van der Waals surface area (Å²) in [6.45, 7) is 6.57. The van der Waals surface area contributed by atoms with E-state index in [0.29, 0.717) is 30.0 Å². The number of para-hydroxylation sites is 1. The van der Waals surface area contributed by atoms with Gasteiger partial charge in [-0.1, -0.05) is 31.0 Å². The maximum Gasteiger partial charge on any atom is 0.238 e. The summed E-state index contributed by atoms with van der Waals surface area (Å²) in [5.74, 6) is 0.230. The molecule has 2 aliphatic rings. The third kappa shape index (κ3) is 4.72. The molecule has 0 aliphatic carbocycles. The van der Waals surface area contributed by atoms with E-state index in [2.05, 4.69) is 34.8 Å². The average molecular weight is 437 g/mol. The van der Waals surface area contributed by atoms with Crippen molar-refractivity contribution < 1.29 is 4.79 Å². The van der Waals surface area contributed by atoms with Crippen molar-refractivity contribution in [2.24, 2.45) is 5.73 Å². The van der Waals surface area contributed by atoms with Crippen molar-refractivity contribution in [3.05, 3.63) is 47.5 Å². The van der Waals surface area contributed by atoms with Crippen LogP contribution in [0.3, 0.4) is 0 Å². The number of amides is 1. The van der Waals surface area contributed by atoms with Crippen molar-refractivity contribution in [2.75, 3.05) is 18.0 Å². The molecular formula is C25H36N6O. The zero-order valence-electron chi connectivity index (χ0n) is 19.3. The van der Waals surface area contributed by atoms with Crippen LogP contribution in [0.15, 0.2) is 30.5 Å². The smallest absolute Gasteiger partial charge is 0.238 e. The van der Waals surface area contributed by atoms with Gasteiger partial charge in [-0.15, -0.1) is 0 Å².